The molecule has 4 nitrogen and oxygen atoms in total. The van der Waals surface area contributed by atoms with Crippen LogP contribution < -0.4 is 14.8 Å². The Morgan fingerprint density at radius 2 is 1.82 bits per heavy atom. The number of allylic oxidation sites excluding steroid dienone is 1. The van der Waals surface area contributed by atoms with Gasteiger partial charge in [0.1, 0.15) is 12.4 Å². The molecule has 1 N–H and O–H groups in total. The highest BCUT2D eigenvalue weighted by atomic mass is 35.5. The average Bonchev–Trinajstić information content (AvgIpc) is 2.91. The van der Waals surface area contributed by atoms with Gasteiger partial charge in [0.25, 0.3) is 0 Å². The molecule has 39 heavy (non-hydrogen) atoms. The lowest BCUT2D eigenvalue weighted by Crippen LogP contribution is -2.33. The van der Waals surface area contributed by atoms with Crippen LogP contribution in [0.15, 0.2) is 78.4 Å². The van der Waals surface area contributed by atoms with Gasteiger partial charge in [0.2, 0.25) is 0 Å². The predicted octanol–water partition coefficient (Wildman–Crippen LogP) is 8.53. The topological polar surface area (TPSA) is 47.6 Å². The second-order valence-corrected chi connectivity index (χ2v) is 11.5. The van der Waals surface area contributed by atoms with Crippen LogP contribution >= 0.6 is 11.6 Å². The SMILES string of the molecule is COc1cc(C2Nc3ccc4ccccc4c3C3=C2C(=O)CC(C)(C)C3)ccc1OCc1ccc(F)cc1Cl. The van der Waals surface area contributed by atoms with Crippen molar-refractivity contribution < 1.29 is 18.7 Å². The minimum absolute atomic E-state index is 0.122. The third-order valence-electron chi connectivity index (χ3n) is 7.66. The highest BCUT2D eigenvalue weighted by Crippen LogP contribution is 2.52. The maximum Gasteiger partial charge on any atom is 0.162 e. The number of methoxy groups -OCH3 is 1. The number of anilines is 1. The normalized spacial score (nSPS) is 17.9. The van der Waals surface area contributed by atoms with Crippen LogP contribution in [0.25, 0.3) is 16.3 Å². The number of fused-ring (bicyclic) bond motifs is 4. The van der Waals surface area contributed by atoms with Gasteiger partial charge in [-0.15, -0.1) is 0 Å². The van der Waals surface area contributed by atoms with E-state index in [-0.39, 0.29) is 23.8 Å². The molecule has 0 fully saturated rings. The molecule has 6 heteroatoms. The molecule has 0 aromatic heterocycles. The monoisotopic (exact) mass is 541 g/mol. The molecule has 1 aliphatic heterocycles. The zero-order valence-corrected chi connectivity index (χ0v) is 22.9. The summed E-state index contributed by atoms with van der Waals surface area (Å²) in [6.45, 7) is 4.50. The van der Waals surface area contributed by atoms with Crippen molar-refractivity contribution in [2.75, 3.05) is 12.4 Å². The van der Waals surface area contributed by atoms with E-state index in [0.717, 1.165) is 45.2 Å². The molecule has 1 aliphatic carbocycles. The van der Waals surface area contributed by atoms with Crippen LogP contribution in [0.4, 0.5) is 10.1 Å². The molecule has 198 valence electrons. The van der Waals surface area contributed by atoms with Crippen LogP contribution in [0.1, 0.15) is 49.4 Å². The maximum atomic E-state index is 13.7. The number of hydrogen-bond donors (Lipinski definition) is 1. The molecule has 1 atom stereocenters. The van der Waals surface area contributed by atoms with Crippen LogP contribution in [-0.4, -0.2) is 12.9 Å². The predicted molar refractivity (Wildman–Crippen MR) is 154 cm³/mol. The largest absolute Gasteiger partial charge is 0.493 e. The van der Waals surface area contributed by atoms with E-state index < -0.39 is 5.82 Å². The lowest BCUT2D eigenvalue weighted by atomic mass is 9.68. The number of halogens is 2. The van der Waals surface area contributed by atoms with Gasteiger partial charge in [0, 0.05) is 28.8 Å². The Bertz CT molecular complexity index is 1660. The minimum atomic E-state index is -0.394. The summed E-state index contributed by atoms with van der Waals surface area (Å²) < 4.78 is 25.1. The highest BCUT2D eigenvalue weighted by Gasteiger charge is 2.41. The van der Waals surface area contributed by atoms with Crippen LogP contribution in [0.3, 0.4) is 0 Å². The van der Waals surface area contributed by atoms with Crippen LogP contribution in [0, 0.1) is 11.2 Å². The second kappa shape index (κ2) is 9.73. The van der Waals surface area contributed by atoms with Gasteiger partial charge < -0.3 is 14.8 Å². The Hall–Kier alpha value is -3.83. The van der Waals surface area contributed by atoms with Gasteiger partial charge in [-0.1, -0.05) is 67.9 Å². The molecule has 4 aromatic rings. The second-order valence-electron chi connectivity index (χ2n) is 11.1. The first kappa shape index (κ1) is 25.4. The standard InChI is InChI=1S/C33H29ClFNO3/c1-33(2)16-24-30-23-7-5-4-6-19(23)9-12-26(30)36-32(31(24)27(37)17-33)20-10-13-28(29(14-20)38-3)39-18-21-8-11-22(35)15-25(21)34/h4-15,32,36H,16-18H2,1-3H3. The van der Waals surface area contributed by atoms with Crippen molar-refractivity contribution in [1.29, 1.82) is 0 Å². The number of carbonyl (C=O) groups is 1. The molecule has 0 radical (unpaired) electrons. The first-order valence-electron chi connectivity index (χ1n) is 13.0. The summed E-state index contributed by atoms with van der Waals surface area (Å²) in [7, 11) is 1.59. The molecule has 0 saturated heterocycles. The zero-order valence-electron chi connectivity index (χ0n) is 22.1. The molecule has 0 spiro atoms. The van der Waals surface area contributed by atoms with Crippen LogP contribution in [0.5, 0.6) is 11.5 Å². The Kier molecular flexibility index (Phi) is 6.35. The van der Waals surface area contributed by atoms with Crippen molar-refractivity contribution in [3.05, 3.63) is 106 Å². The molecule has 1 heterocycles. The summed E-state index contributed by atoms with van der Waals surface area (Å²) in [6.07, 6.45) is 1.32. The maximum absolute atomic E-state index is 13.7. The molecule has 0 amide bonds. The fraction of sp³-hybridized carbons (Fsp3) is 0.242. The molecular formula is C33H29ClFNO3. The van der Waals surface area contributed by atoms with Gasteiger partial charge in [0.05, 0.1) is 18.2 Å². The van der Waals surface area contributed by atoms with E-state index in [4.69, 9.17) is 21.1 Å². The fourth-order valence-corrected chi connectivity index (χ4v) is 6.09. The Morgan fingerprint density at radius 3 is 2.62 bits per heavy atom. The molecule has 1 unspecified atom stereocenters. The van der Waals surface area contributed by atoms with Crippen molar-refractivity contribution in [2.24, 2.45) is 5.41 Å². The van der Waals surface area contributed by atoms with Gasteiger partial charge in [-0.25, -0.2) is 4.39 Å². The van der Waals surface area contributed by atoms with Crippen LogP contribution in [-0.2, 0) is 11.4 Å². The summed E-state index contributed by atoms with van der Waals surface area (Å²) in [5.74, 6) is 0.855. The first-order chi connectivity index (χ1) is 18.7. The third-order valence-corrected chi connectivity index (χ3v) is 8.01. The lowest BCUT2D eigenvalue weighted by Gasteiger charge is -2.40. The van der Waals surface area contributed by atoms with E-state index in [0.29, 0.717) is 28.5 Å². The highest BCUT2D eigenvalue weighted by molar-refractivity contribution is 6.31. The number of Topliss-reactive ketones (excluding diaryl/α,β-unsaturated/α-hetero) is 1. The fourth-order valence-electron chi connectivity index (χ4n) is 5.86. The average molecular weight is 542 g/mol. The number of carbonyl (C=O) groups excluding carboxylic acids is 1. The van der Waals surface area contributed by atoms with Crippen molar-refractivity contribution in [3.8, 4) is 11.5 Å². The number of nitrogens with one attached hydrogen (secondary N) is 1. The van der Waals surface area contributed by atoms with E-state index in [1.54, 1.807) is 13.2 Å². The van der Waals surface area contributed by atoms with E-state index in [2.05, 4.69) is 43.4 Å². The van der Waals surface area contributed by atoms with Crippen molar-refractivity contribution >= 4 is 39.4 Å². The minimum Gasteiger partial charge on any atom is -0.493 e. The summed E-state index contributed by atoms with van der Waals surface area (Å²) in [4.78, 5) is 13.7. The molecule has 0 saturated carbocycles. The Morgan fingerprint density at radius 1 is 1.00 bits per heavy atom. The van der Waals surface area contributed by atoms with Crippen molar-refractivity contribution in [2.45, 2.75) is 39.3 Å². The summed E-state index contributed by atoms with van der Waals surface area (Å²) >= 11 is 6.18. The van der Waals surface area contributed by atoms with Crippen LogP contribution in [0.2, 0.25) is 5.02 Å². The number of rotatable bonds is 5. The molecule has 6 rings (SSSR count). The molecular weight excluding hydrogens is 513 g/mol. The number of ketones is 1. The summed E-state index contributed by atoms with van der Waals surface area (Å²) in [5, 5.41) is 6.29. The summed E-state index contributed by atoms with van der Waals surface area (Å²) in [6, 6.07) is 22.2. The van der Waals surface area contributed by atoms with Gasteiger partial charge in [-0.2, -0.15) is 0 Å². The van der Waals surface area contributed by atoms with Gasteiger partial charge in [-0.05, 0) is 64.1 Å². The van der Waals surface area contributed by atoms with Crippen molar-refractivity contribution in [1.82, 2.24) is 0 Å². The van der Waals surface area contributed by atoms with Crippen molar-refractivity contribution in [3.63, 3.8) is 0 Å². The van der Waals surface area contributed by atoms with E-state index >= 15 is 0 Å². The zero-order chi connectivity index (χ0) is 27.3. The van der Waals surface area contributed by atoms with Gasteiger partial charge in [-0.3, -0.25) is 4.79 Å². The van der Waals surface area contributed by atoms with Gasteiger partial charge >= 0.3 is 0 Å². The molecule has 4 aromatic carbocycles. The number of benzene rings is 4. The molecule has 2 aliphatic rings. The van der Waals surface area contributed by atoms with Gasteiger partial charge in [0.15, 0.2) is 17.3 Å². The van der Waals surface area contributed by atoms with E-state index in [1.165, 1.54) is 12.1 Å². The smallest absolute Gasteiger partial charge is 0.162 e. The van der Waals surface area contributed by atoms with E-state index in [1.807, 2.05) is 30.3 Å². The number of ether oxygens (including phenoxy) is 2. The Balaban J connectivity index is 1.40. The third kappa shape index (κ3) is 4.65. The van der Waals surface area contributed by atoms with E-state index in [9.17, 15) is 9.18 Å². The number of hydrogen-bond acceptors (Lipinski definition) is 4. The Labute approximate surface area is 232 Å². The molecule has 0 bridgehead atoms. The quantitative estimate of drug-likeness (QED) is 0.275. The summed E-state index contributed by atoms with van der Waals surface area (Å²) in [5.41, 5.74) is 5.56. The first-order valence-corrected chi connectivity index (χ1v) is 13.4. The lowest BCUT2D eigenvalue weighted by molar-refractivity contribution is -0.118.